The number of H-pyrrole nitrogens is 2. The van der Waals surface area contributed by atoms with E-state index in [9.17, 15) is 20.4 Å². The van der Waals surface area contributed by atoms with E-state index < -0.39 is 0 Å². The molecule has 0 saturated heterocycles. The van der Waals surface area contributed by atoms with Gasteiger partial charge < -0.3 is 30.4 Å². The zero-order valence-corrected chi connectivity index (χ0v) is 36.2. The third-order valence-electron chi connectivity index (χ3n) is 13.2. The Hall–Kier alpha value is -9.40. The van der Waals surface area contributed by atoms with E-state index >= 15 is 0 Å². The predicted octanol–water partition coefficient (Wildman–Crippen LogP) is 14.8. The van der Waals surface area contributed by atoms with Gasteiger partial charge in [0.15, 0.2) is 0 Å². The number of hydrogen-bond acceptors (Lipinski definition) is 6. The van der Waals surface area contributed by atoms with Gasteiger partial charge in [-0.25, -0.2) is 9.97 Å². The lowest BCUT2D eigenvalue weighted by atomic mass is 9.93. The van der Waals surface area contributed by atoms with Crippen molar-refractivity contribution in [2.24, 2.45) is 0 Å². The van der Waals surface area contributed by atoms with Crippen LogP contribution in [0.15, 0.2) is 194 Å². The quantitative estimate of drug-likeness (QED) is 0.104. The van der Waals surface area contributed by atoms with Crippen molar-refractivity contribution in [2.45, 2.75) is 0 Å². The molecule has 2 aliphatic heterocycles. The lowest BCUT2D eigenvalue weighted by Crippen LogP contribution is -1.88. The Bertz CT molecular complexity index is 3590. The topological polar surface area (TPSA) is 138 Å². The van der Waals surface area contributed by atoms with Crippen LogP contribution in [-0.2, 0) is 0 Å². The van der Waals surface area contributed by atoms with Gasteiger partial charge in [0.1, 0.15) is 23.0 Å². The van der Waals surface area contributed by atoms with Crippen LogP contribution in [-0.4, -0.2) is 40.4 Å². The molecule has 0 amide bonds. The molecule has 6 N–H and O–H groups in total. The Balaban J connectivity index is 1.39. The molecule has 4 heterocycles. The molecule has 2 aromatic heterocycles. The number of hydrogen-bond donors (Lipinski definition) is 6. The molecule has 0 unspecified atom stereocenters. The summed E-state index contributed by atoms with van der Waals surface area (Å²) >= 11 is 0. The average Bonchev–Trinajstić information content (AvgIpc) is 4.12. The maximum atomic E-state index is 11.2. The second-order valence-corrected chi connectivity index (χ2v) is 17.3. The van der Waals surface area contributed by atoms with Gasteiger partial charge in [-0.3, -0.25) is 0 Å². The zero-order chi connectivity index (χ0) is 45.6. The number of phenolic OH excluding ortho intramolecular Hbond substituents is 4. The number of phenols is 4. The fourth-order valence-corrected chi connectivity index (χ4v) is 10.4. The standard InChI is InChI=1S/C60H38N4O4/c65-37-17-9-13-33(29-37)49-53-41-21-1-2-22-42(41)54(61-53)50(34-14-10-18-38(66)30-34)56-45-25-5-6-26-46(45)58(63-56)52(36-16-12-20-40(68)32-36)60-48-28-8-7-27-47(48)59(64-60)51(35-15-11-19-39(67)31-35)57-44-24-4-3-23-43(44)55(49)62-57/h1-32,61,64-68H. The van der Waals surface area contributed by atoms with Crippen LogP contribution in [0.4, 0.5) is 0 Å². The molecule has 8 bridgehead atoms. The Kier molecular flexibility index (Phi) is 8.65. The van der Waals surface area contributed by atoms with E-state index in [0.717, 1.165) is 110 Å². The summed E-state index contributed by atoms with van der Waals surface area (Å²) in [7, 11) is 0. The highest BCUT2D eigenvalue weighted by Crippen LogP contribution is 2.52. The summed E-state index contributed by atoms with van der Waals surface area (Å²) in [4.78, 5) is 19.4. The Morgan fingerprint density at radius 3 is 0.735 bits per heavy atom. The molecule has 0 radical (unpaired) electrons. The lowest BCUT2D eigenvalue weighted by molar-refractivity contribution is 0.475. The lowest BCUT2D eigenvalue weighted by Gasteiger charge is -2.09. The van der Waals surface area contributed by atoms with Gasteiger partial charge in [-0.05, 0) is 70.8 Å². The number of nitrogens with one attached hydrogen (secondary N) is 2. The van der Waals surface area contributed by atoms with Crippen molar-refractivity contribution in [3.05, 3.63) is 194 Å². The minimum absolute atomic E-state index is 0.109. The summed E-state index contributed by atoms with van der Waals surface area (Å²) in [5.41, 5.74) is 15.4. The van der Waals surface area contributed by atoms with E-state index in [1.807, 2.05) is 97.1 Å². The SMILES string of the molecule is Oc1cccc(-c2c3nc(c(-c4cccc(O)c4)c4[nH]c(c(-c5cccc(O)c5)c5nc(c(-c6cccc(O)c6)c6[nH]c2c2ccccc62)-c2ccccc2-5)c2ccccc42)-c2ccccc2-3)c1. The maximum absolute atomic E-state index is 11.2. The van der Waals surface area contributed by atoms with Crippen molar-refractivity contribution in [3.8, 4) is 113 Å². The van der Waals surface area contributed by atoms with Crippen LogP contribution in [0, 0.1) is 0 Å². The van der Waals surface area contributed by atoms with Crippen LogP contribution in [0.2, 0.25) is 0 Å². The number of nitrogens with zero attached hydrogens (tertiary/aromatic N) is 2. The van der Waals surface area contributed by atoms with Crippen molar-refractivity contribution in [2.75, 3.05) is 0 Å². The van der Waals surface area contributed by atoms with Crippen molar-refractivity contribution in [1.82, 2.24) is 19.9 Å². The second kappa shape index (κ2) is 15.1. The van der Waals surface area contributed by atoms with Crippen LogP contribution in [0.3, 0.4) is 0 Å². The molecule has 1 aliphatic carbocycles. The van der Waals surface area contributed by atoms with Gasteiger partial charge in [-0.2, -0.15) is 0 Å². The van der Waals surface area contributed by atoms with Crippen LogP contribution in [0.1, 0.15) is 0 Å². The summed E-state index contributed by atoms with van der Waals surface area (Å²) in [6.45, 7) is 0. The Morgan fingerprint density at radius 2 is 0.500 bits per heavy atom. The van der Waals surface area contributed by atoms with Gasteiger partial charge in [0.2, 0.25) is 0 Å². The minimum atomic E-state index is 0.109. The number of rotatable bonds is 4. The normalized spacial score (nSPS) is 11.8. The largest absolute Gasteiger partial charge is 0.508 e. The molecule has 68 heavy (non-hydrogen) atoms. The minimum Gasteiger partial charge on any atom is -0.508 e. The highest BCUT2D eigenvalue weighted by Gasteiger charge is 2.30. The highest BCUT2D eigenvalue weighted by atomic mass is 16.3. The first-order valence-electron chi connectivity index (χ1n) is 22.4. The first-order chi connectivity index (χ1) is 33.4. The fraction of sp³-hybridized carbons (Fsp3) is 0. The van der Waals surface area contributed by atoms with E-state index in [1.165, 1.54) is 0 Å². The fourth-order valence-electron chi connectivity index (χ4n) is 10.4. The van der Waals surface area contributed by atoms with Gasteiger partial charge in [-0.15, -0.1) is 0 Å². The Morgan fingerprint density at radius 1 is 0.265 bits per heavy atom. The molecule has 0 saturated carbocycles. The number of aromatic amines is 2. The van der Waals surface area contributed by atoms with E-state index in [4.69, 9.17) is 9.97 Å². The summed E-state index contributed by atoms with van der Waals surface area (Å²) in [5.74, 6) is 0.435. The van der Waals surface area contributed by atoms with Gasteiger partial charge in [0, 0.05) is 66.1 Å². The van der Waals surface area contributed by atoms with Crippen LogP contribution in [0.5, 0.6) is 23.0 Å². The summed E-state index contributed by atoms with van der Waals surface area (Å²) in [6.07, 6.45) is 0. The average molecular weight is 879 g/mol. The zero-order valence-electron chi connectivity index (χ0n) is 36.2. The molecular formula is C60H38N4O4. The molecule has 10 aromatic rings. The molecule has 8 aromatic carbocycles. The third-order valence-corrected chi connectivity index (χ3v) is 13.2. The van der Waals surface area contributed by atoms with Crippen LogP contribution < -0.4 is 0 Å². The highest BCUT2D eigenvalue weighted by molar-refractivity contribution is 6.21. The Labute approximate surface area is 389 Å². The van der Waals surface area contributed by atoms with E-state index in [-0.39, 0.29) is 23.0 Å². The summed E-state index contributed by atoms with van der Waals surface area (Å²) in [6, 6.07) is 62.0. The number of aromatic hydroxyl groups is 4. The van der Waals surface area contributed by atoms with Gasteiger partial charge in [0.05, 0.1) is 44.8 Å². The summed E-state index contributed by atoms with van der Waals surface area (Å²) in [5, 5.41) is 48.4. The summed E-state index contributed by atoms with van der Waals surface area (Å²) < 4.78 is 0. The predicted molar refractivity (Wildman–Crippen MR) is 273 cm³/mol. The van der Waals surface area contributed by atoms with Crippen molar-refractivity contribution in [1.29, 1.82) is 0 Å². The molecule has 8 heteroatoms. The molecule has 0 atom stereocenters. The number of benzene rings is 8. The van der Waals surface area contributed by atoms with Crippen molar-refractivity contribution < 1.29 is 20.4 Å². The van der Waals surface area contributed by atoms with Gasteiger partial charge in [0.25, 0.3) is 0 Å². The second-order valence-electron chi connectivity index (χ2n) is 17.3. The molecular weight excluding hydrogens is 841 g/mol. The van der Waals surface area contributed by atoms with E-state index in [2.05, 4.69) is 58.5 Å². The van der Waals surface area contributed by atoms with E-state index in [0.29, 0.717) is 22.8 Å². The smallest absolute Gasteiger partial charge is 0.116 e. The van der Waals surface area contributed by atoms with Gasteiger partial charge in [-0.1, -0.05) is 146 Å². The van der Waals surface area contributed by atoms with Crippen molar-refractivity contribution >= 4 is 43.6 Å². The maximum Gasteiger partial charge on any atom is 0.116 e. The third kappa shape index (κ3) is 6.01. The van der Waals surface area contributed by atoms with Crippen LogP contribution in [0.25, 0.3) is 133 Å². The first kappa shape index (κ1) is 39.0. The van der Waals surface area contributed by atoms with Gasteiger partial charge >= 0.3 is 0 Å². The van der Waals surface area contributed by atoms with Crippen molar-refractivity contribution in [3.63, 3.8) is 0 Å². The molecule has 8 nitrogen and oxygen atoms in total. The van der Waals surface area contributed by atoms with E-state index in [1.54, 1.807) is 48.5 Å². The molecule has 0 fully saturated rings. The molecule has 322 valence electrons. The first-order valence-corrected chi connectivity index (χ1v) is 22.4. The molecule has 0 spiro atoms. The number of aromatic nitrogens is 4. The van der Waals surface area contributed by atoms with Crippen LogP contribution >= 0.6 is 0 Å². The molecule has 3 aliphatic rings. The monoisotopic (exact) mass is 878 g/mol. The molecule has 13 rings (SSSR count).